The molecule has 1 N–H and O–H groups in total. The molecule has 0 radical (unpaired) electrons. The van der Waals surface area contributed by atoms with E-state index in [1.54, 1.807) is 0 Å². The number of piperidine rings is 1. The third-order valence-electron chi connectivity index (χ3n) is 7.90. The molecule has 1 aromatic rings. The smallest absolute Gasteiger partial charge is 0.207 e. The summed E-state index contributed by atoms with van der Waals surface area (Å²) in [5.41, 5.74) is -0.303. The Balaban J connectivity index is 1.34. The number of benzene rings is 1. The normalized spacial score (nSPS) is 35.0. The Labute approximate surface area is 180 Å². The van der Waals surface area contributed by atoms with Gasteiger partial charge in [0.1, 0.15) is 0 Å². The molecule has 4 saturated carbocycles. The van der Waals surface area contributed by atoms with Crippen molar-refractivity contribution in [2.24, 2.45) is 23.7 Å². The lowest BCUT2D eigenvalue weighted by Crippen LogP contribution is -2.59. The van der Waals surface area contributed by atoms with Gasteiger partial charge in [-0.25, -0.2) is 21.6 Å². The van der Waals surface area contributed by atoms with Crippen LogP contribution in [0.25, 0.3) is 0 Å². The average Bonchev–Trinajstić information content (AvgIpc) is 2.66. The molecule has 4 bridgehead atoms. The first kappa shape index (κ1) is 20.9. The van der Waals surface area contributed by atoms with Gasteiger partial charge in [-0.1, -0.05) is 6.92 Å². The van der Waals surface area contributed by atoms with Gasteiger partial charge in [0.05, 0.1) is 9.79 Å². The lowest BCUT2D eigenvalue weighted by molar-refractivity contribution is -0.00810. The van der Waals surface area contributed by atoms with Crippen molar-refractivity contribution in [1.82, 2.24) is 9.03 Å². The summed E-state index contributed by atoms with van der Waals surface area (Å²) in [4.78, 5) is 0.329. The maximum atomic E-state index is 13.1. The highest BCUT2D eigenvalue weighted by atomic mass is 32.2. The van der Waals surface area contributed by atoms with Crippen LogP contribution in [0, 0.1) is 23.7 Å². The first-order chi connectivity index (χ1) is 14.2. The molecule has 1 aliphatic heterocycles. The fourth-order valence-electron chi connectivity index (χ4n) is 6.74. The summed E-state index contributed by atoms with van der Waals surface area (Å²) in [6.07, 6.45) is 8.31. The number of nitrogens with one attached hydrogen (secondary N) is 1. The van der Waals surface area contributed by atoms with Gasteiger partial charge in [0.2, 0.25) is 20.0 Å². The minimum atomic E-state index is -3.68. The zero-order valence-electron chi connectivity index (χ0n) is 17.6. The first-order valence-electron chi connectivity index (χ1n) is 11.3. The topological polar surface area (TPSA) is 83.6 Å². The zero-order valence-corrected chi connectivity index (χ0v) is 19.2. The summed E-state index contributed by atoms with van der Waals surface area (Å²) in [5, 5.41) is 0. The number of nitrogens with zero attached hydrogens (tertiary/aromatic N) is 1. The van der Waals surface area contributed by atoms with E-state index < -0.39 is 20.0 Å². The molecule has 5 aliphatic rings. The number of sulfonamides is 2. The third-order valence-corrected chi connectivity index (χ3v) is 11.4. The van der Waals surface area contributed by atoms with Crippen molar-refractivity contribution in [2.45, 2.75) is 73.6 Å². The van der Waals surface area contributed by atoms with Gasteiger partial charge in [0.15, 0.2) is 0 Å². The van der Waals surface area contributed by atoms with E-state index in [1.807, 2.05) is 0 Å². The number of rotatable bonds is 5. The fraction of sp³-hybridized carbons (Fsp3) is 0.727. The van der Waals surface area contributed by atoms with Crippen LogP contribution in [0.3, 0.4) is 0 Å². The Hall–Kier alpha value is -0.960. The number of hydrogen-bond acceptors (Lipinski definition) is 4. The lowest BCUT2D eigenvalue weighted by Gasteiger charge is -2.56. The summed E-state index contributed by atoms with van der Waals surface area (Å²) in [6, 6.07) is 5.79. The van der Waals surface area contributed by atoms with E-state index in [0.717, 1.165) is 32.1 Å². The van der Waals surface area contributed by atoms with E-state index >= 15 is 0 Å². The van der Waals surface area contributed by atoms with Crippen LogP contribution in [-0.4, -0.2) is 39.8 Å². The molecule has 6 rings (SSSR count). The minimum absolute atomic E-state index is 0.157. The second kappa shape index (κ2) is 7.29. The predicted molar refractivity (Wildman–Crippen MR) is 115 cm³/mol. The molecule has 6 nitrogen and oxygen atoms in total. The average molecular weight is 453 g/mol. The molecule has 8 heteroatoms. The van der Waals surface area contributed by atoms with Crippen molar-refractivity contribution in [2.75, 3.05) is 13.1 Å². The second-order valence-corrected chi connectivity index (χ2v) is 14.0. The van der Waals surface area contributed by atoms with Gasteiger partial charge in [0.25, 0.3) is 0 Å². The van der Waals surface area contributed by atoms with Crippen molar-refractivity contribution in [3.8, 4) is 0 Å². The molecular formula is C22H32N2O4S2. The van der Waals surface area contributed by atoms with E-state index in [0.29, 0.717) is 36.8 Å². The molecule has 1 aromatic carbocycles. The van der Waals surface area contributed by atoms with E-state index in [1.165, 1.54) is 47.8 Å². The molecular weight excluding hydrogens is 420 g/mol. The van der Waals surface area contributed by atoms with Gasteiger partial charge in [-0.2, -0.15) is 4.31 Å². The van der Waals surface area contributed by atoms with Gasteiger partial charge in [-0.15, -0.1) is 0 Å². The van der Waals surface area contributed by atoms with E-state index in [4.69, 9.17) is 0 Å². The quantitative estimate of drug-likeness (QED) is 0.743. The van der Waals surface area contributed by atoms with Crippen LogP contribution < -0.4 is 4.72 Å². The van der Waals surface area contributed by atoms with E-state index in [9.17, 15) is 16.8 Å². The van der Waals surface area contributed by atoms with Gasteiger partial charge in [-0.05, 0) is 99.3 Å². The highest BCUT2D eigenvalue weighted by Gasteiger charge is 2.52. The van der Waals surface area contributed by atoms with Crippen LogP contribution in [-0.2, 0) is 20.0 Å². The highest BCUT2D eigenvalue weighted by Crippen LogP contribution is 2.56. The highest BCUT2D eigenvalue weighted by molar-refractivity contribution is 7.89. The summed E-state index contributed by atoms with van der Waals surface area (Å²) in [6.45, 7) is 3.19. The predicted octanol–water partition coefficient (Wildman–Crippen LogP) is 3.35. The minimum Gasteiger partial charge on any atom is -0.207 e. The molecule has 5 fully saturated rings. The molecule has 0 atom stereocenters. The molecule has 166 valence electrons. The maximum Gasteiger partial charge on any atom is 0.243 e. The molecule has 4 aliphatic carbocycles. The summed E-state index contributed by atoms with van der Waals surface area (Å²) in [7, 11) is -7.25. The van der Waals surface area contributed by atoms with Gasteiger partial charge in [0, 0.05) is 18.6 Å². The summed E-state index contributed by atoms with van der Waals surface area (Å²) >= 11 is 0. The molecule has 0 amide bonds. The lowest BCUT2D eigenvalue weighted by atomic mass is 9.53. The fourth-order valence-corrected chi connectivity index (χ4v) is 9.65. The SMILES string of the molecule is CC1CCN(S(=O)(=O)c2ccc(S(=O)(=O)NC34CC5CC(CC(C5)C3)C4)cc2)CC1. The molecule has 30 heavy (non-hydrogen) atoms. The monoisotopic (exact) mass is 452 g/mol. The van der Waals surface area contributed by atoms with Crippen LogP contribution in [0.2, 0.25) is 0 Å². The van der Waals surface area contributed by atoms with Crippen molar-refractivity contribution in [3.05, 3.63) is 24.3 Å². The Morgan fingerprint density at radius 3 is 1.80 bits per heavy atom. The van der Waals surface area contributed by atoms with Gasteiger partial charge < -0.3 is 0 Å². The molecule has 1 saturated heterocycles. The molecule has 0 spiro atoms. The number of hydrogen-bond donors (Lipinski definition) is 1. The second-order valence-electron chi connectivity index (χ2n) is 10.4. The Kier molecular flexibility index (Phi) is 5.08. The summed E-state index contributed by atoms with van der Waals surface area (Å²) in [5.74, 6) is 2.50. The zero-order chi connectivity index (χ0) is 21.1. The van der Waals surface area contributed by atoms with Crippen molar-refractivity contribution in [3.63, 3.8) is 0 Å². The van der Waals surface area contributed by atoms with Crippen LogP contribution in [0.15, 0.2) is 34.1 Å². The van der Waals surface area contributed by atoms with Gasteiger partial charge >= 0.3 is 0 Å². The Morgan fingerprint density at radius 1 is 0.833 bits per heavy atom. The largest absolute Gasteiger partial charge is 0.243 e. The Morgan fingerprint density at radius 2 is 1.30 bits per heavy atom. The van der Waals surface area contributed by atoms with Crippen molar-refractivity contribution >= 4 is 20.0 Å². The van der Waals surface area contributed by atoms with Gasteiger partial charge in [-0.3, -0.25) is 0 Å². The molecule has 0 aromatic heterocycles. The summed E-state index contributed by atoms with van der Waals surface area (Å²) < 4.78 is 56.7. The van der Waals surface area contributed by atoms with Crippen LogP contribution in [0.5, 0.6) is 0 Å². The van der Waals surface area contributed by atoms with E-state index in [-0.39, 0.29) is 15.3 Å². The standard InChI is InChI=1S/C22H32N2O4S2/c1-16-6-8-24(9-7-16)30(27,28)21-4-2-20(3-5-21)29(25,26)23-22-13-17-10-18(14-22)12-19(11-17)15-22/h2-5,16-19,23H,6-15H2,1H3. The van der Waals surface area contributed by atoms with Crippen LogP contribution >= 0.6 is 0 Å². The van der Waals surface area contributed by atoms with Crippen LogP contribution in [0.1, 0.15) is 58.3 Å². The third kappa shape index (κ3) is 3.74. The molecule has 0 unspecified atom stereocenters. The Bertz CT molecular complexity index is 974. The van der Waals surface area contributed by atoms with E-state index in [2.05, 4.69) is 11.6 Å². The van der Waals surface area contributed by atoms with Crippen molar-refractivity contribution in [1.29, 1.82) is 0 Å². The maximum absolute atomic E-state index is 13.1. The molecule has 1 heterocycles. The van der Waals surface area contributed by atoms with Crippen molar-refractivity contribution < 1.29 is 16.8 Å². The van der Waals surface area contributed by atoms with Crippen LogP contribution in [0.4, 0.5) is 0 Å². The first-order valence-corrected chi connectivity index (χ1v) is 14.2.